The molecule has 17 heavy (non-hydrogen) atoms. The number of thiocarbonyl (C=S) groups is 1. The van der Waals surface area contributed by atoms with Crippen LogP contribution in [0.5, 0.6) is 0 Å². The summed E-state index contributed by atoms with van der Waals surface area (Å²) in [4.78, 5) is 16.5. The van der Waals surface area contributed by atoms with Crippen molar-refractivity contribution in [3.8, 4) is 0 Å². The van der Waals surface area contributed by atoms with Gasteiger partial charge in [-0.25, -0.2) is 0 Å². The van der Waals surface area contributed by atoms with Gasteiger partial charge in [0.2, 0.25) is 5.91 Å². The van der Waals surface area contributed by atoms with E-state index in [1.165, 1.54) is 0 Å². The lowest BCUT2D eigenvalue weighted by Crippen LogP contribution is -2.46. The van der Waals surface area contributed by atoms with E-state index in [1.807, 2.05) is 20.9 Å². The minimum Gasteiger partial charge on any atom is -0.393 e. The SMILES string of the molecule is CC(C)N(C)C(=O)CN1CCCC(C(N)=S)C1. The molecule has 0 aromatic rings. The van der Waals surface area contributed by atoms with Crippen LogP contribution in [0.4, 0.5) is 0 Å². The van der Waals surface area contributed by atoms with E-state index < -0.39 is 0 Å². The van der Waals surface area contributed by atoms with Gasteiger partial charge in [0.25, 0.3) is 0 Å². The molecule has 1 aliphatic rings. The molecule has 0 aliphatic carbocycles. The highest BCUT2D eigenvalue weighted by Gasteiger charge is 2.24. The van der Waals surface area contributed by atoms with Crippen LogP contribution in [0.3, 0.4) is 0 Å². The van der Waals surface area contributed by atoms with Gasteiger partial charge >= 0.3 is 0 Å². The van der Waals surface area contributed by atoms with Gasteiger partial charge < -0.3 is 10.6 Å². The number of carbonyl (C=O) groups is 1. The average molecular weight is 257 g/mol. The molecule has 1 unspecified atom stereocenters. The largest absolute Gasteiger partial charge is 0.393 e. The maximum atomic E-state index is 11.9. The first-order valence-electron chi connectivity index (χ1n) is 6.19. The highest BCUT2D eigenvalue weighted by molar-refractivity contribution is 7.80. The highest BCUT2D eigenvalue weighted by Crippen LogP contribution is 2.16. The Morgan fingerprint density at radius 1 is 1.59 bits per heavy atom. The van der Waals surface area contributed by atoms with Crippen LogP contribution in [0.2, 0.25) is 0 Å². The number of piperidine rings is 1. The van der Waals surface area contributed by atoms with E-state index in [2.05, 4.69) is 4.90 Å². The first kappa shape index (κ1) is 14.4. The van der Waals surface area contributed by atoms with Crippen molar-refractivity contribution in [1.29, 1.82) is 0 Å². The lowest BCUT2D eigenvalue weighted by molar-refractivity contribution is -0.132. The van der Waals surface area contributed by atoms with Gasteiger partial charge in [0.05, 0.1) is 11.5 Å². The fourth-order valence-corrected chi connectivity index (χ4v) is 2.21. The van der Waals surface area contributed by atoms with E-state index in [9.17, 15) is 4.79 Å². The first-order valence-corrected chi connectivity index (χ1v) is 6.60. The van der Waals surface area contributed by atoms with Crippen molar-refractivity contribution < 1.29 is 4.79 Å². The van der Waals surface area contributed by atoms with Crippen LogP contribution in [-0.4, -0.2) is 53.4 Å². The minimum atomic E-state index is 0.170. The highest BCUT2D eigenvalue weighted by atomic mass is 32.1. The third-order valence-corrected chi connectivity index (χ3v) is 3.77. The van der Waals surface area contributed by atoms with E-state index in [0.717, 1.165) is 25.9 Å². The number of hydrogen-bond donors (Lipinski definition) is 1. The normalized spacial score (nSPS) is 21.5. The number of hydrogen-bond acceptors (Lipinski definition) is 3. The smallest absolute Gasteiger partial charge is 0.236 e. The Balaban J connectivity index is 2.46. The van der Waals surface area contributed by atoms with Crippen molar-refractivity contribution in [3.63, 3.8) is 0 Å². The number of likely N-dealkylation sites (N-methyl/N-ethyl adjacent to an activating group) is 1. The van der Waals surface area contributed by atoms with E-state index in [0.29, 0.717) is 11.5 Å². The fourth-order valence-electron chi connectivity index (χ4n) is 2.02. The Kier molecular flexibility index (Phi) is 5.33. The van der Waals surface area contributed by atoms with Gasteiger partial charge in [-0.3, -0.25) is 9.69 Å². The van der Waals surface area contributed by atoms with Crippen molar-refractivity contribution in [2.24, 2.45) is 11.7 Å². The topological polar surface area (TPSA) is 49.6 Å². The Hall–Kier alpha value is -0.680. The molecule has 1 amide bonds. The zero-order valence-electron chi connectivity index (χ0n) is 11.0. The van der Waals surface area contributed by atoms with Gasteiger partial charge in [-0.2, -0.15) is 0 Å². The summed E-state index contributed by atoms with van der Waals surface area (Å²) in [7, 11) is 1.85. The Morgan fingerprint density at radius 3 is 2.76 bits per heavy atom. The number of rotatable bonds is 4. The summed E-state index contributed by atoms with van der Waals surface area (Å²) < 4.78 is 0. The van der Waals surface area contributed by atoms with Gasteiger partial charge in [-0.05, 0) is 33.2 Å². The van der Waals surface area contributed by atoms with Crippen molar-refractivity contribution >= 4 is 23.1 Å². The minimum absolute atomic E-state index is 0.170. The number of likely N-dealkylation sites (tertiary alicyclic amines) is 1. The monoisotopic (exact) mass is 257 g/mol. The molecule has 1 atom stereocenters. The lowest BCUT2D eigenvalue weighted by Gasteiger charge is -2.33. The summed E-state index contributed by atoms with van der Waals surface area (Å²) in [5.74, 6) is 0.444. The summed E-state index contributed by atoms with van der Waals surface area (Å²) in [6.07, 6.45) is 2.13. The zero-order valence-corrected chi connectivity index (χ0v) is 11.8. The second kappa shape index (κ2) is 6.31. The summed E-state index contributed by atoms with van der Waals surface area (Å²) in [6.45, 7) is 6.31. The maximum Gasteiger partial charge on any atom is 0.236 e. The molecule has 1 aliphatic heterocycles. The number of carbonyl (C=O) groups excluding carboxylic acids is 1. The number of nitrogens with zero attached hydrogens (tertiary/aromatic N) is 2. The van der Waals surface area contributed by atoms with Crippen LogP contribution >= 0.6 is 12.2 Å². The third-order valence-electron chi connectivity index (χ3n) is 3.43. The summed E-state index contributed by atoms with van der Waals surface area (Å²) in [5, 5.41) is 0. The van der Waals surface area contributed by atoms with Gasteiger partial charge in [-0.1, -0.05) is 12.2 Å². The molecular weight excluding hydrogens is 234 g/mol. The van der Waals surface area contributed by atoms with Crippen LogP contribution in [0, 0.1) is 5.92 Å². The molecule has 1 saturated heterocycles. The van der Waals surface area contributed by atoms with Crippen LogP contribution in [0.25, 0.3) is 0 Å². The first-order chi connectivity index (χ1) is 7.91. The Morgan fingerprint density at radius 2 is 2.24 bits per heavy atom. The van der Waals surface area contributed by atoms with E-state index >= 15 is 0 Å². The van der Waals surface area contributed by atoms with E-state index in [4.69, 9.17) is 18.0 Å². The molecule has 1 fully saturated rings. The summed E-state index contributed by atoms with van der Waals surface area (Å²) in [5.41, 5.74) is 5.68. The zero-order chi connectivity index (χ0) is 13.0. The molecule has 1 heterocycles. The molecule has 0 bridgehead atoms. The third kappa shape index (κ3) is 4.24. The summed E-state index contributed by atoms with van der Waals surface area (Å²) in [6, 6.07) is 0.249. The fraction of sp³-hybridized carbons (Fsp3) is 0.833. The van der Waals surface area contributed by atoms with Gasteiger partial charge in [0, 0.05) is 25.6 Å². The van der Waals surface area contributed by atoms with E-state index in [-0.39, 0.29) is 17.9 Å². The predicted molar refractivity (Wildman–Crippen MR) is 73.9 cm³/mol. The molecule has 1 rings (SSSR count). The second-order valence-electron chi connectivity index (χ2n) is 5.08. The van der Waals surface area contributed by atoms with Crippen molar-refractivity contribution in [2.75, 3.05) is 26.7 Å². The molecule has 2 N–H and O–H groups in total. The Bertz CT molecular complexity index is 293. The van der Waals surface area contributed by atoms with E-state index in [1.54, 1.807) is 4.90 Å². The van der Waals surface area contributed by atoms with Crippen LogP contribution < -0.4 is 5.73 Å². The molecular formula is C12H23N3OS. The summed E-state index contributed by atoms with van der Waals surface area (Å²) >= 11 is 5.03. The quantitative estimate of drug-likeness (QED) is 0.759. The molecule has 0 radical (unpaired) electrons. The second-order valence-corrected chi connectivity index (χ2v) is 5.55. The van der Waals surface area contributed by atoms with Crippen molar-refractivity contribution in [3.05, 3.63) is 0 Å². The molecule has 98 valence electrons. The molecule has 0 spiro atoms. The lowest BCUT2D eigenvalue weighted by atomic mass is 9.98. The number of amides is 1. The molecule has 0 aromatic carbocycles. The maximum absolute atomic E-state index is 11.9. The molecule has 4 nitrogen and oxygen atoms in total. The van der Waals surface area contributed by atoms with Gasteiger partial charge in [-0.15, -0.1) is 0 Å². The van der Waals surface area contributed by atoms with Gasteiger partial charge in [0.1, 0.15) is 0 Å². The standard InChI is InChI=1S/C12H23N3OS/c1-9(2)14(3)11(16)8-15-6-4-5-10(7-15)12(13)17/h9-10H,4-8H2,1-3H3,(H2,13,17). The van der Waals surface area contributed by atoms with Crippen LogP contribution in [0.15, 0.2) is 0 Å². The number of nitrogens with two attached hydrogens (primary N) is 1. The molecule has 0 aromatic heterocycles. The van der Waals surface area contributed by atoms with Crippen LogP contribution in [-0.2, 0) is 4.79 Å². The van der Waals surface area contributed by atoms with Gasteiger partial charge in [0.15, 0.2) is 0 Å². The van der Waals surface area contributed by atoms with Crippen molar-refractivity contribution in [1.82, 2.24) is 9.80 Å². The molecule has 0 saturated carbocycles. The Labute approximate surface area is 109 Å². The average Bonchev–Trinajstić information content (AvgIpc) is 2.28. The van der Waals surface area contributed by atoms with Crippen molar-refractivity contribution in [2.45, 2.75) is 32.7 Å². The molecule has 5 heteroatoms. The van der Waals surface area contributed by atoms with Crippen LogP contribution in [0.1, 0.15) is 26.7 Å². The predicted octanol–water partition coefficient (Wildman–Crippen LogP) is 0.851.